The number of piperidine rings is 1. The number of nitrogens with one attached hydrogen (secondary N) is 2. The first-order valence-corrected chi connectivity index (χ1v) is 14.2. The summed E-state index contributed by atoms with van der Waals surface area (Å²) in [5, 5.41) is 11.6. The summed E-state index contributed by atoms with van der Waals surface area (Å²) in [4.78, 5) is 29.4. The van der Waals surface area contributed by atoms with E-state index in [-0.39, 0.29) is 17.9 Å². The highest BCUT2D eigenvalue weighted by Crippen LogP contribution is 2.36. The monoisotopic (exact) mass is 567 g/mol. The van der Waals surface area contributed by atoms with Gasteiger partial charge in [-0.2, -0.15) is 0 Å². The number of fused-ring (bicyclic) bond motifs is 1. The first-order chi connectivity index (χ1) is 19.4. The molecule has 0 aliphatic carbocycles. The van der Waals surface area contributed by atoms with E-state index in [1.165, 1.54) is 48.5 Å². The molecule has 0 spiro atoms. The summed E-state index contributed by atoms with van der Waals surface area (Å²) in [6, 6.07) is 9.52. The van der Waals surface area contributed by atoms with Crippen LogP contribution in [0.4, 0.5) is 29.7 Å². The molecule has 3 heterocycles. The number of anilines is 2. The summed E-state index contributed by atoms with van der Waals surface area (Å²) in [5.41, 5.74) is 3.56. The van der Waals surface area contributed by atoms with E-state index in [0.29, 0.717) is 12.3 Å². The molecule has 4 aromatic rings. The van der Waals surface area contributed by atoms with Crippen molar-refractivity contribution in [1.82, 2.24) is 15.0 Å². The molecule has 210 valence electrons. The third-order valence-electron chi connectivity index (χ3n) is 7.11. The second-order valence-electron chi connectivity index (χ2n) is 10.0. The number of carbonyl (C=O) groups is 2. The van der Waals surface area contributed by atoms with E-state index >= 15 is 0 Å². The van der Waals surface area contributed by atoms with E-state index in [1.807, 2.05) is 6.92 Å². The molecule has 0 saturated carbocycles. The lowest BCUT2D eigenvalue weighted by Gasteiger charge is -2.31. The van der Waals surface area contributed by atoms with Crippen molar-refractivity contribution in [3.8, 4) is 0 Å². The Balaban J connectivity index is 1.14. The third kappa shape index (κ3) is 6.65. The molecular weight excluding hydrogens is 536 g/mol. The van der Waals surface area contributed by atoms with Crippen LogP contribution in [0, 0.1) is 18.6 Å². The fourth-order valence-electron chi connectivity index (χ4n) is 4.96. The normalized spacial score (nSPS) is 14.4. The van der Waals surface area contributed by atoms with Crippen molar-refractivity contribution in [1.29, 1.82) is 0 Å². The number of aryl methyl sites for hydroxylation is 1. The summed E-state index contributed by atoms with van der Waals surface area (Å²) in [6.45, 7) is 4.89. The van der Waals surface area contributed by atoms with Gasteiger partial charge in [0.25, 0.3) is 0 Å². The van der Waals surface area contributed by atoms with Gasteiger partial charge in [0, 0.05) is 29.4 Å². The molecule has 4 amide bonds. The van der Waals surface area contributed by atoms with Crippen LogP contribution in [0.3, 0.4) is 0 Å². The van der Waals surface area contributed by atoms with Crippen molar-refractivity contribution < 1.29 is 22.9 Å². The van der Waals surface area contributed by atoms with Crippen molar-refractivity contribution in [2.75, 3.05) is 36.8 Å². The summed E-state index contributed by atoms with van der Waals surface area (Å²) >= 11 is 1.69. The number of hydrogen-bond donors (Lipinski definition) is 2. The molecule has 0 radical (unpaired) electrons. The van der Waals surface area contributed by atoms with Crippen LogP contribution in [0.1, 0.15) is 42.9 Å². The van der Waals surface area contributed by atoms with Crippen molar-refractivity contribution in [3.05, 3.63) is 76.8 Å². The van der Waals surface area contributed by atoms with E-state index in [2.05, 4.69) is 26.1 Å². The second-order valence-corrected chi connectivity index (χ2v) is 10.9. The van der Waals surface area contributed by atoms with E-state index in [4.69, 9.17) is 4.52 Å². The second kappa shape index (κ2) is 12.6. The highest BCUT2D eigenvalue weighted by atomic mass is 32.1. The van der Waals surface area contributed by atoms with Crippen LogP contribution in [0.15, 0.2) is 58.4 Å². The molecule has 0 unspecified atom stereocenters. The highest BCUT2D eigenvalue weighted by Gasteiger charge is 2.26. The zero-order valence-corrected chi connectivity index (χ0v) is 23.0. The average Bonchev–Trinajstić information content (AvgIpc) is 3.52. The van der Waals surface area contributed by atoms with Gasteiger partial charge in [-0.3, -0.25) is 0 Å². The minimum Gasteiger partial charge on any atom is -0.355 e. The molecule has 1 aliphatic rings. The van der Waals surface area contributed by atoms with Gasteiger partial charge >= 0.3 is 12.1 Å². The number of benzene rings is 2. The first-order valence-electron chi connectivity index (χ1n) is 13.3. The zero-order valence-electron chi connectivity index (χ0n) is 22.2. The Morgan fingerprint density at radius 1 is 1.02 bits per heavy atom. The fourth-order valence-corrected chi connectivity index (χ4v) is 6.00. The van der Waals surface area contributed by atoms with Crippen LogP contribution in [-0.2, 0) is 0 Å². The minimum atomic E-state index is -0.692. The predicted octanol–water partition coefficient (Wildman–Crippen LogP) is 7.20. The van der Waals surface area contributed by atoms with Gasteiger partial charge in [0.05, 0.1) is 4.70 Å². The van der Waals surface area contributed by atoms with Crippen molar-refractivity contribution in [2.45, 2.75) is 38.5 Å². The number of unbranched alkanes of at least 4 members (excludes halogenated alkanes) is 1. The van der Waals surface area contributed by atoms with Crippen LogP contribution in [0.5, 0.6) is 0 Å². The number of thiophene rings is 1. The molecule has 0 atom stereocenters. The largest absolute Gasteiger partial charge is 0.355 e. The lowest BCUT2D eigenvalue weighted by molar-refractivity contribution is 0.193. The van der Waals surface area contributed by atoms with Gasteiger partial charge in [-0.05, 0) is 94.0 Å². The fraction of sp³-hybridized carbons (Fsp3) is 0.345. The van der Waals surface area contributed by atoms with Crippen LogP contribution in [0.2, 0.25) is 0 Å². The number of imide groups is 1. The van der Waals surface area contributed by atoms with Gasteiger partial charge in [-0.15, -0.1) is 11.3 Å². The van der Waals surface area contributed by atoms with Crippen molar-refractivity contribution in [3.63, 3.8) is 0 Å². The lowest BCUT2D eigenvalue weighted by atomic mass is 9.93. The molecule has 40 heavy (non-hydrogen) atoms. The maximum atomic E-state index is 13.6. The maximum Gasteiger partial charge on any atom is 0.329 e. The van der Waals surface area contributed by atoms with Gasteiger partial charge < -0.3 is 20.1 Å². The number of rotatable bonds is 8. The molecular formula is C29H31F2N5O3S. The smallest absolute Gasteiger partial charge is 0.329 e. The summed E-state index contributed by atoms with van der Waals surface area (Å²) in [7, 11) is 0. The molecule has 1 saturated heterocycles. The molecule has 5 rings (SSSR count). The molecule has 2 aromatic heterocycles. The molecule has 2 aromatic carbocycles. The van der Waals surface area contributed by atoms with Crippen LogP contribution in [0.25, 0.3) is 10.3 Å². The van der Waals surface area contributed by atoms with E-state index < -0.39 is 23.7 Å². The Hall–Kier alpha value is -3.83. The Bertz CT molecular complexity index is 1420. The number of carbonyl (C=O) groups excluding carboxylic acids is 2. The van der Waals surface area contributed by atoms with Crippen molar-refractivity contribution in [2.24, 2.45) is 0 Å². The number of amides is 4. The molecule has 11 heteroatoms. The number of likely N-dealkylation sites (tertiary alicyclic amines) is 1. The third-order valence-corrected chi connectivity index (χ3v) is 8.21. The molecule has 0 bridgehead atoms. The Kier molecular flexibility index (Phi) is 8.71. The Morgan fingerprint density at radius 3 is 2.25 bits per heavy atom. The molecule has 2 N–H and O–H groups in total. The number of hydrogen-bond acceptors (Lipinski definition) is 6. The van der Waals surface area contributed by atoms with E-state index in [1.54, 1.807) is 11.3 Å². The molecule has 1 aliphatic heterocycles. The summed E-state index contributed by atoms with van der Waals surface area (Å²) < 4.78 is 33.9. The van der Waals surface area contributed by atoms with Crippen molar-refractivity contribution >= 4 is 45.1 Å². The number of nitrogens with zero attached hydrogens (tertiary/aromatic N) is 3. The molecule has 1 fully saturated rings. The average molecular weight is 568 g/mol. The van der Waals surface area contributed by atoms with Crippen LogP contribution >= 0.6 is 11.3 Å². The Labute approximate surface area is 234 Å². The summed E-state index contributed by atoms with van der Waals surface area (Å²) in [6.07, 6.45) is 3.35. The zero-order chi connectivity index (χ0) is 28.1. The van der Waals surface area contributed by atoms with Gasteiger partial charge in [0.15, 0.2) is 5.58 Å². The minimum absolute atomic E-state index is 0.146. The number of urea groups is 2. The Morgan fingerprint density at radius 2 is 1.65 bits per heavy atom. The highest BCUT2D eigenvalue weighted by molar-refractivity contribution is 7.17. The predicted molar refractivity (Wildman–Crippen MR) is 152 cm³/mol. The van der Waals surface area contributed by atoms with Crippen LogP contribution in [-0.4, -0.2) is 53.2 Å². The quantitative estimate of drug-likeness (QED) is 0.220. The first kappa shape index (κ1) is 27.7. The van der Waals surface area contributed by atoms with Gasteiger partial charge in [0.1, 0.15) is 17.3 Å². The topological polar surface area (TPSA) is 90.7 Å². The number of aromatic nitrogens is 1. The SMILES string of the molecule is Cc1csc2c(C3CCN(CCCCN(C(=O)Nc4cccc(F)c4)C(=O)Nc4cccc(F)c4)CC3)noc12. The summed E-state index contributed by atoms with van der Waals surface area (Å²) in [5.74, 6) is -0.629. The van der Waals surface area contributed by atoms with E-state index in [9.17, 15) is 18.4 Å². The van der Waals surface area contributed by atoms with Crippen LogP contribution < -0.4 is 10.6 Å². The maximum absolute atomic E-state index is 13.6. The molecule has 8 nitrogen and oxygen atoms in total. The number of halogens is 2. The lowest BCUT2D eigenvalue weighted by Crippen LogP contribution is -2.43. The van der Waals surface area contributed by atoms with Gasteiger partial charge in [-0.25, -0.2) is 23.3 Å². The van der Waals surface area contributed by atoms with E-state index in [0.717, 1.165) is 65.3 Å². The van der Waals surface area contributed by atoms with Gasteiger partial charge in [-0.1, -0.05) is 17.3 Å². The standard InChI is InChI=1S/C29H31F2N5O3S/c1-19-18-40-27-25(34-39-26(19)27)20-10-14-35(15-11-20)12-2-3-13-36(28(37)32-23-8-4-6-21(30)16-23)29(38)33-24-9-5-7-22(31)17-24/h4-9,16-18,20H,2-3,10-15H2,1H3,(H,32,37)(H,33,38). The van der Waals surface area contributed by atoms with Gasteiger partial charge in [0.2, 0.25) is 0 Å².